The first kappa shape index (κ1) is 16.3. The highest BCUT2D eigenvalue weighted by Gasteiger charge is 2.03. The van der Waals surface area contributed by atoms with Gasteiger partial charge in [0.25, 0.3) is 0 Å². The molecular weight excluding hydrogens is 319 g/mol. The first-order valence-electron chi connectivity index (χ1n) is 7.46. The van der Waals surface area contributed by atoms with Crippen molar-refractivity contribution in [3.63, 3.8) is 0 Å². The Balaban J connectivity index is 1.61. The Morgan fingerprint density at radius 2 is 1.67 bits per heavy atom. The number of hydrogen-bond donors (Lipinski definition) is 1. The van der Waals surface area contributed by atoms with Crippen molar-refractivity contribution in [2.24, 2.45) is 0 Å². The molecule has 0 unspecified atom stereocenters. The molecule has 0 spiro atoms. The number of halogens is 1. The van der Waals surface area contributed by atoms with Gasteiger partial charge in [-0.1, -0.05) is 30.0 Å². The molecule has 2 aromatic carbocycles. The highest BCUT2D eigenvalue weighted by atomic mass is 32.2. The minimum atomic E-state index is -0.276. The molecule has 0 aliphatic rings. The Morgan fingerprint density at radius 3 is 2.42 bits per heavy atom. The van der Waals surface area contributed by atoms with Gasteiger partial charge in [0, 0.05) is 30.1 Å². The minimum Gasteiger partial charge on any atom is -0.265 e. The third-order valence-electron chi connectivity index (χ3n) is 3.26. The summed E-state index contributed by atoms with van der Waals surface area (Å²) in [6.07, 6.45) is 3.48. The number of benzene rings is 2. The fraction of sp³-hybridized carbons (Fsp3) is 0.0500. The maximum Gasteiger partial charge on any atom is 0.139 e. The summed E-state index contributed by atoms with van der Waals surface area (Å²) in [4.78, 5) is 4.52. The second-order valence-corrected chi connectivity index (χ2v) is 5.97. The summed E-state index contributed by atoms with van der Waals surface area (Å²) in [5.74, 6) is 5.74. The average molecular weight is 334 g/mol. The number of nitrogens with zero attached hydrogens (tertiary/aromatic N) is 1. The summed E-state index contributed by atoms with van der Waals surface area (Å²) in [5, 5.41) is 0. The predicted molar refractivity (Wildman–Crippen MR) is 95.8 cm³/mol. The summed E-state index contributed by atoms with van der Waals surface area (Å²) in [7, 11) is 0. The smallest absolute Gasteiger partial charge is 0.139 e. The lowest BCUT2D eigenvalue weighted by Crippen LogP contribution is -2.03. The van der Waals surface area contributed by atoms with Crippen LogP contribution in [0, 0.1) is 17.7 Å². The summed E-state index contributed by atoms with van der Waals surface area (Å²) in [6, 6.07) is 18.5. The van der Waals surface area contributed by atoms with Crippen LogP contribution in [0.1, 0.15) is 16.7 Å². The fourth-order valence-corrected chi connectivity index (χ4v) is 2.71. The molecule has 1 aromatic heterocycles. The SMILES string of the molecule is Fc1cc(C#Cc2ccccc2)ccc1SNCc1ccncc1. The molecule has 24 heavy (non-hydrogen) atoms. The Hall–Kier alpha value is -2.61. The van der Waals surface area contributed by atoms with Crippen LogP contribution in [0.25, 0.3) is 0 Å². The van der Waals surface area contributed by atoms with Crippen LogP contribution >= 0.6 is 11.9 Å². The summed E-state index contributed by atoms with van der Waals surface area (Å²) in [6.45, 7) is 0.641. The monoisotopic (exact) mass is 334 g/mol. The maximum atomic E-state index is 14.2. The van der Waals surface area contributed by atoms with E-state index in [2.05, 4.69) is 21.5 Å². The van der Waals surface area contributed by atoms with Crippen LogP contribution < -0.4 is 4.72 Å². The van der Waals surface area contributed by atoms with Crippen molar-refractivity contribution in [2.75, 3.05) is 0 Å². The van der Waals surface area contributed by atoms with Crippen molar-refractivity contribution in [1.82, 2.24) is 9.71 Å². The molecule has 118 valence electrons. The van der Waals surface area contributed by atoms with Crippen molar-refractivity contribution in [3.05, 3.63) is 95.6 Å². The standard InChI is InChI=1S/C20H15FN2S/c21-19-14-17(7-6-16-4-2-1-3-5-16)8-9-20(19)24-23-15-18-10-12-22-13-11-18/h1-5,8-14,23H,15H2. The van der Waals surface area contributed by atoms with Crippen molar-refractivity contribution in [1.29, 1.82) is 0 Å². The Bertz CT molecular complexity index is 855. The molecule has 2 nitrogen and oxygen atoms in total. The van der Waals surface area contributed by atoms with E-state index in [-0.39, 0.29) is 5.82 Å². The van der Waals surface area contributed by atoms with E-state index in [0.717, 1.165) is 11.1 Å². The number of hydrogen-bond acceptors (Lipinski definition) is 3. The molecule has 0 amide bonds. The van der Waals surface area contributed by atoms with Crippen LogP contribution in [-0.2, 0) is 6.54 Å². The van der Waals surface area contributed by atoms with E-state index in [4.69, 9.17) is 0 Å². The first-order valence-corrected chi connectivity index (χ1v) is 8.28. The number of rotatable bonds is 4. The molecule has 0 radical (unpaired) electrons. The number of nitrogens with one attached hydrogen (secondary N) is 1. The van der Waals surface area contributed by atoms with Crippen molar-refractivity contribution < 1.29 is 4.39 Å². The van der Waals surface area contributed by atoms with Gasteiger partial charge in [0.05, 0.1) is 4.90 Å². The number of pyridine rings is 1. The van der Waals surface area contributed by atoms with Crippen LogP contribution in [0.15, 0.2) is 78.0 Å². The minimum absolute atomic E-state index is 0.276. The Morgan fingerprint density at radius 1 is 0.917 bits per heavy atom. The van der Waals surface area contributed by atoms with Crippen LogP contribution in [0.4, 0.5) is 4.39 Å². The molecule has 3 aromatic rings. The second-order valence-electron chi connectivity index (χ2n) is 5.04. The zero-order valence-electron chi connectivity index (χ0n) is 12.9. The van der Waals surface area contributed by atoms with E-state index >= 15 is 0 Å². The normalized spacial score (nSPS) is 10.0. The largest absolute Gasteiger partial charge is 0.265 e. The lowest BCUT2D eigenvalue weighted by molar-refractivity contribution is 0.601. The highest BCUT2D eigenvalue weighted by Crippen LogP contribution is 2.20. The zero-order valence-corrected chi connectivity index (χ0v) is 13.7. The predicted octanol–water partition coefficient (Wildman–Crippen LogP) is 4.42. The third kappa shape index (κ3) is 4.69. The van der Waals surface area contributed by atoms with E-state index in [1.165, 1.54) is 18.0 Å². The molecule has 0 saturated heterocycles. The summed E-state index contributed by atoms with van der Waals surface area (Å²) < 4.78 is 17.3. The lowest BCUT2D eigenvalue weighted by Gasteiger charge is -2.05. The summed E-state index contributed by atoms with van der Waals surface area (Å²) in [5.41, 5.74) is 2.67. The van der Waals surface area contributed by atoms with E-state index < -0.39 is 0 Å². The quantitative estimate of drug-likeness (QED) is 0.565. The van der Waals surface area contributed by atoms with Gasteiger partial charge >= 0.3 is 0 Å². The third-order valence-corrected chi connectivity index (χ3v) is 4.10. The van der Waals surface area contributed by atoms with Gasteiger partial charge in [-0.2, -0.15) is 0 Å². The van der Waals surface area contributed by atoms with Crippen molar-refractivity contribution >= 4 is 11.9 Å². The zero-order chi connectivity index (χ0) is 16.6. The van der Waals surface area contributed by atoms with E-state index in [0.29, 0.717) is 17.0 Å². The lowest BCUT2D eigenvalue weighted by atomic mass is 10.2. The van der Waals surface area contributed by atoms with Crippen LogP contribution in [0.3, 0.4) is 0 Å². The van der Waals surface area contributed by atoms with Gasteiger partial charge in [0.15, 0.2) is 0 Å². The van der Waals surface area contributed by atoms with Gasteiger partial charge in [0.1, 0.15) is 5.82 Å². The van der Waals surface area contributed by atoms with Gasteiger partial charge in [-0.3, -0.25) is 9.71 Å². The van der Waals surface area contributed by atoms with Crippen LogP contribution in [0.5, 0.6) is 0 Å². The van der Waals surface area contributed by atoms with Crippen molar-refractivity contribution in [2.45, 2.75) is 11.4 Å². The topological polar surface area (TPSA) is 24.9 Å². The molecule has 0 fully saturated rings. The van der Waals surface area contributed by atoms with Gasteiger partial charge in [-0.15, -0.1) is 0 Å². The highest BCUT2D eigenvalue weighted by molar-refractivity contribution is 7.97. The molecule has 4 heteroatoms. The molecule has 3 rings (SSSR count). The second kappa shape index (κ2) is 8.30. The molecule has 1 N–H and O–H groups in total. The van der Waals surface area contributed by atoms with E-state index in [1.807, 2.05) is 48.5 Å². The van der Waals surface area contributed by atoms with Crippen LogP contribution in [-0.4, -0.2) is 4.98 Å². The summed E-state index contributed by atoms with van der Waals surface area (Å²) >= 11 is 1.27. The molecule has 1 heterocycles. The van der Waals surface area contributed by atoms with Gasteiger partial charge < -0.3 is 0 Å². The van der Waals surface area contributed by atoms with Gasteiger partial charge in [-0.05, 0) is 60.0 Å². The van der Waals surface area contributed by atoms with E-state index in [1.54, 1.807) is 18.5 Å². The van der Waals surface area contributed by atoms with Crippen LogP contribution in [0.2, 0.25) is 0 Å². The van der Waals surface area contributed by atoms with E-state index in [9.17, 15) is 4.39 Å². The van der Waals surface area contributed by atoms with Gasteiger partial charge in [0.2, 0.25) is 0 Å². The Kier molecular flexibility index (Phi) is 5.62. The van der Waals surface area contributed by atoms with Gasteiger partial charge in [-0.25, -0.2) is 4.39 Å². The molecule has 0 saturated carbocycles. The molecular formula is C20H15FN2S. The number of aromatic nitrogens is 1. The molecule has 0 atom stereocenters. The molecule has 0 bridgehead atoms. The average Bonchev–Trinajstić information content (AvgIpc) is 2.63. The molecule has 0 aliphatic carbocycles. The first-order chi connectivity index (χ1) is 11.8. The fourth-order valence-electron chi connectivity index (χ4n) is 2.02. The maximum absolute atomic E-state index is 14.2. The Labute approximate surface area is 145 Å². The van der Waals surface area contributed by atoms with Crippen molar-refractivity contribution in [3.8, 4) is 11.8 Å². The molecule has 0 aliphatic heterocycles.